The molecule has 0 fully saturated rings. The van der Waals surface area contributed by atoms with Crippen molar-refractivity contribution in [1.82, 2.24) is 15.8 Å². The number of hydrogen-bond donors (Lipinski definition) is 3. The fraction of sp³-hybridized carbons (Fsp3) is 0.143. The summed E-state index contributed by atoms with van der Waals surface area (Å²) in [6.07, 6.45) is 2.20. The number of carbonyl (C=O) groups excluding carboxylic acids is 2. The predicted octanol–water partition coefficient (Wildman–Crippen LogP) is 3.54. The third kappa shape index (κ3) is 5.85. The van der Waals surface area contributed by atoms with E-state index in [1.165, 1.54) is 17.5 Å². The van der Waals surface area contributed by atoms with Crippen LogP contribution < -0.4 is 16.2 Å². The Balaban J connectivity index is 1.68. The Bertz CT molecular complexity index is 1020. The number of benzene rings is 1. The van der Waals surface area contributed by atoms with Gasteiger partial charge in [-0.1, -0.05) is 36.4 Å². The third-order valence-corrected chi connectivity index (χ3v) is 5.17. The fourth-order valence-corrected chi connectivity index (χ4v) is 3.89. The molecule has 0 aliphatic carbocycles. The van der Waals surface area contributed by atoms with Crippen molar-refractivity contribution in [2.75, 3.05) is 11.9 Å². The molecule has 0 unspecified atom stereocenters. The first-order chi connectivity index (χ1) is 14.6. The highest BCUT2D eigenvalue weighted by molar-refractivity contribution is 7.80. The lowest BCUT2D eigenvalue weighted by atomic mass is 10.1. The maximum absolute atomic E-state index is 12.4. The average Bonchev–Trinajstić information content (AvgIpc) is 3.15. The number of ether oxygens (including phenoxy) is 1. The van der Waals surface area contributed by atoms with Gasteiger partial charge in [0.05, 0.1) is 12.2 Å². The number of thiocarbonyl (C=S) groups is 1. The van der Waals surface area contributed by atoms with Crippen LogP contribution in [0, 0.1) is 0 Å². The first kappa shape index (κ1) is 21.4. The molecule has 9 heteroatoms. The lowest BCUT2D eigenvalue weighted by molar-refractivity contribution is 0.0528. The molecule has 2 aromatic heterocycles. The van der Waals surface area contributed by atoms with E-state index < -0.39 is 11.9 Å². The molecule has 0 saturated heterocycles. The van der Waals surface area contributed by atoms with E-state index in [-0.39, 0.29) is 17.4 Å². The van der Waals surface area contributed by atoms with Crippen LogP contribution in [0.4, 0.5) is 5.00 Å². The van der Waals surface area contributed by atoms with Crippen LogP contribution in [0.5, 0.6) is 0 Å². The number of pyridine rings is 1. The largest absolute Gasteiger partial charge is 0.462 e. The summed E-state index contributed by atoms with van der Waals surface area (Å²) in [5, 5.41) is 3.65. The highest BCUT2D eigenvalue weighted by Crippen LogP contribution is 2.30. The molecule has 3 N–H and O–H groups in total. The zero-order valence-electron chi connectivity index (χ0n) is 16.2. The van der Waals surface area contributed by atoms with Gasteiger partial charge in [0.1, 0.15) is 10.7 Å². The molecule has 3 aromatic rings. The van der Waals surface area contributed by atoms with Crippen LogP contribution in [0.2, 0.25) is 0 Å². The van der Waals surface area contributed by atoms with Crippen molar-refractivity contribution in [3.8, 4) is 0 Å². The molecule has 0 aliphatic rings. The summed E-state index contributed by atoms with van der Waals surface area (Å²) >= 11 is 6.65. The number of nitrogens with one attached hydrogen (secondary N) is 3. The van der Waals surface area contributed by atoms with Crippen molar-refractivity contribution in [2.45, 2.75) is 13.3 Å². The number of thiophene rings is 1. The van der Waals surface area contributed by atoms with Crippen LogP contribution in [0.25, 0.3) is 0 Å². The molecule has 0 bridgehead atoms. The molecule has 0 spiro atoms. The number of carbonyl (C=O) groups is 2. The van der Waals surface area contributed by atoms with Crippen molar-refractivity contribution < 1.29 is 14.3 Å². The lowest BCUT2D eigenvalue weighted by Gasteiger charge is -2.11. The van der Waals surface area contributed by atoms with Crippen LogP contribution in [-0.4, -0.2) is 28.6 Å². The summed E-state index contributed by atoms with van der Waals surface area (Å²) < 4.78 is 5.16. The normalized spacial score (nSPS) is 10.2. The number of hydrogen-bond acceptors (Lipinski definition) is 6. The second kappa shape index (κ2) is 10.5. The highest BCUT2D eigenvalue weighted by Gasteiger charge is 2.18. The van der Waals surface area contributed by atoms with Gasteiger partial charge in [0, 0.05) is 17.5 Å². The minimum atomic E-state index is -0.434. The molecule has 1 amide bonds. The smallest absolute Gasteiger partial charge is 0.341 e. The Morgan fingerprint density at radius 3 is 2.57 bits per heavy atom. The van der Waals surface area contributed by atoms with Gasteiger partial charge < -0.3 is 10.1 Å². The van der Waals surface area contributed by atoms with Gasteiger partial charge in [-0.2, -0.15) is 0 Å². The lowest BCUT2D eigenvalue weighted by Crippen LogP contribution is -2.44. The van der Waals surface area contributed by atoms with E-state index in [1.54, 1.807) is 31.2 Å². The number of aromatic nitrogens is 1. The summed E-state index contributed by atoms with van der Waals surface area (Å²) in [4.78, 5) is 29.4. The molecule has 1 aromatic carbocycles. The molecule has 7 nitrogen and oxygen atoms in total. The topological polar surface area (TPSA) is 92.4 Å². The Morgan fingerprint density at radius 1 is 1.10 bits per heavy atom. The van der Waals surface area contributed by atoms with Crippen LogP contribution in [0.1, 0.15) is 38.2 Å². The summed E-state index contributed by atoms with van der Waals surface area (Å²) in [5.74, 6) is -0.864. The fourth-order valence-electron chi connectivity index (χ4n) is 2.59. The van der Waals surface area contributed by atoms with E-state index in [2.05, 4.69) is 21.2 Å². The number of amides is 1. The molecule has 0 aliphatic heterocycles. The monoisotopic (exact) mass is 440 g/mol. The molecule has 2 heterocycles. The molecule has 0 saturated carbocycles. The van der Waals surface area contributed by atoms with Gasteiger partial charge in [-0.3, -0.25) is 20.6 Å². The van der Waals surface area contributed by atoms with Crippen molar-refractivity contribution in [3.05, 3.63) is 82.5 Å². The second-order valence-electron chi connectivity index (χ2n) is 6.09. The molecule has 154 valence electrons. The van der Waals surface area contributed by atoms with Crippen LogP contribution in [-0.2, 0) is 11.2 Å². The minimum Gasteiger partial charge on any atom is -0.462 e. The molecular formula is C21H20N4O3S2. The van der Waals surface area contributed by atoms with Crippen LogP contribution in [0.15, 0.2) is 60.8 Å². The van der Waals surface area contributed by atoms with E-state index >= 15 is 0 Å². The van der Waals surface area contributed by atoms with Gasteiger partial charge in [-0.05, 0) is 42.9 Å². The van der Waals surface area contributed by atoms with E-state index in [9.17, 15) is 9.59 Å². The standard InChI is InChI=1S/C21H20N4O3S2/c1-2-28-20(27)16-13-15(12-14-8-4-3-5-9-14)30-19(16)23-21(29)25-24-18(26)17-10-6-7-11-22-17/h3-11,13H,2,12H2,1H3,(H,24,26)(H2,23,25,29). The Morgan fingerprint density at radius 2 is 1.87 bits per heavy atom. The second-order valence-corrected chi connectivity index (χ2v) is 7.63. The van der Waals surface area contributed by atoms with Gasteiger partial charge in [0.15, 0.2) is 5.11 Å². The summed E-state index contributed by atoms with van der Waals surface area (Å²) in [5.41, 5.74) is 6.87. The maximum atomic E-state index is 12.4. The molecule has 0 atom stereocenters. The van der Waals surface area contributed by atoms with E-state index in [0.717, 1.165) is 10.4 Å². The van der Waals surface area contributed by atoms with Gasteiger partial charge in [-0.25, -0.2) is 4.79 Å². The first-order valence-electron chi connectivity index (χ1n) is 9.19. The zero-order chi connectivity index (χ0) is 21.3. The predicted molar refractivity (Wildman–Crippen MR) is 121 cm³/mol. The SMILES string of the molecule is CCOC(=O)c1cc(Cc2ccccc2)sc1NC(=S)NNC(=O)c1ccccn1. The molecular weight excluding hydrogens is 420 g/mol. The van der Waals surface area contributed by atoms with Gasteiger partial charge in [-0.15, -0.1) is 11.3 Å². The Labute approximate surface area is 183 Å². The first-order valence-corrected chi connectivity index (χ1v) is 10.4. The minimum absolute atomic E-state index is 0.137. The summed E-state index contributed by atoms with van der Waals surface area (Å²) in [6, 6.07) is 16.8. The van der Waals surface area contributed by atoms with Gasteiger partial charge in [0.2, 0.25) is 0 Å². The molecule has 30 heavy (non-hydrogen) atoms. The molecule has 0 radical (unpaired) electrons. The van der Waals surface area contributed by atoms with Crippen molar-refractivity contribution in [3.63, 3.8) is 0 Å². The summed E-state index contributed by atoms with van der Waals surface area (Å²) in [7, 11) is 0. The van der Waals surface area contributed by atoms with Crippen molar-refractivity contribution >= 4 is 45.5 Å². The molecule has 3 rings (SSSR count). The number of nitrogens with zero attached hydrogens (tertiary/aromatic N) is 1. The van der Waals surface area contributed by atoms with E-state index in [0.29, 0.717) is 17.0 Å². The van der Waals surface area contributed by atoms with Crippen LogP contribution >= 0.6 is 23.6 Å². The Hall–Kier alpha value is -3.30. The number of rotatable bonds is 6. The summed E-state index contributed by atoms with van der Waals surface area (Å²) in [6.45, 7) is 2.02. The van der Waals surface area contributed by atoms with Crippen molar-refractivity contribution in [1.29, 1.82) is 0 Å². The number of hydrazine groups is 1. The number of anilines is 1. The van der Waals surface area contributed by atoms with E-state index in [1.807, 2.05) is 30.3 Å². The van der Waals surface area contributed by atoms with Crippen LogP contribution in [0.3, 0.4) is 0 Å². The highest BCUT2D eigenvalue weighted by atomic mass is 32.1. The van der Waals surface area contributed by atoms with Gasteiger partial charge in [0.25, 0.3) is 5.91 Å². The number of esters is 1. The third-order valence-electron chi connectivity index (χ3n) is 3.91. The zero-order valence-corrected chi connectivity index (χ0v) is 17.8. The Kier molecular flexibility index (Phi) is 7.47. The van der Waals surface area contributed by atoms with Crippen molar-refractivity contribution in [2.24, 2.45) is 0 Å². The van der Waals surface area contributed by atoms with Gasteiger partial charge >= 0.3 is 5.97 Å². The maximum Gasteiger partial charge on any atom is 0.341 e. The quantitative estimate of drug-likeness (QED) is 0.307. The average molecular weight is 441 g/mol. The van der Waals surface area contributed by atoms with E-state index in [4.69, 9.17) is 17.0 Å².